The lowest BCUT2D eigenvalue weighted by Gasteiger charge is -2.36. The van der Waals surface area contributed by atoms with Gasteiger partial charge in [-0.2, -0.15) is 0 Å². The molecule has 0 aromatic carbocycles. The zero-order chi connectivity index (χ0) is 10.7. The minimum absolute atomic E-state index is 0.00231. The lowest BCUT2D eigenvalue weighted by Crippen LogP contribution is -2.52. The van der Waals surface area contributed by atoms with E-state index in [2.05, 4.69) is 0 Å². The molecule has 1 rings (SSSR count). The number of piperidine rings is 1. The fraction of sp³-hybridized carbons (Fsp3) is 0.778. The molecular weight excluding hydrogens is 198 g/mol. The summed E-state index contributed by atoms with van der Waals surface area (Å²) in [5, 5.41) is 0. The smallest absolute Gasteiger partial charge is 0.320 e. The van der Waals surface area contributed by atoms with Crippen molar-refractivity contribution >= 4 is 23.2 Å². The zero-order valence-electron chi connectivity index (χ0n) is 8.69. The minimum Gasteiger partial charge on any atom is -0.392 e. The standard InChI is InChI=1S/C9H17N3OS/c1-11(2)9(13)12-6-4-3-5-7(12)8(10)14/h7H,3-6H2,1-2H3,(H2,10,14). The SMILES string of the molecule is CN(C)C(=O)N1CCCCC1C(N)=S. The molecule has 0 radical (unpaired) electrons. The molecule has 1 saturated heterocycles. The van der Waals surface area contributed by atoms with Gasteiger partial charge in [0, 0.05) is 20.6 Å². The van der Waals surface area contributed by atoms with Crippen LogP contribution in [0.5, 0.6) is 0 Å². The van der Waals surface area contributed by atoms with Gasteiger partial charge in [-0.3, -0.25) is 0 Å². The summed E-state index contributed by atoms with van der Waals surface area (Å²) in [6, 6.07) is -0.0452. The van der Waals surface area contributed by atoms with Crippen molar-refractivity contribution in [1.29, 1.82) is 0 Å². The summed E-state index contributed by atoms with van der Waals surface area (Å²) >= 11 is 4.96. The van der Waals surface area contributed by atoms with Crippen LogP contribution >= 0.6 is 12.2 Å². The lowest BCUT2D eigenvalue weighted by molar-refractivity contribution is 0.148. The number of thiocarbonyl (C=S) groups is 1. The molecule has 4 nitrogen and oxygen atoms in total. The van der Waals surface area contributed by atoms with Gasteiger partial charge in [0.15, 0.2) is 0 Å². The molecular formula is C9H17N3OS. The summed E-state index contributed by atoms with van der Waals surface area (Å²) in [6.07, 6.45) is 3.03. The monoisotopic (exact) mass is 215 g/mol. The van der Waals surface area contributed by atoms with E-state index in [0.29, 0.717) is 4.99 Å². The van der Waals surface area contributed by atoms with E-state index in [1.807, 2.05) is 0 Å². The van der Waals surface area contributed by atoms with Crippen LogP contribution in [-0.4, -0.2) is 47.5 Å². The average Bonchev–Trinajstić information content (AvgIpc) is 2.16. The van der Waals surface area contributed by atoms with E-state index in [-0.39, 0.29) is 12.1 Å². The van der Waals surface area contributed by atoms with Crippen molar-refractivity contribution in [2.45, 2.75) is 25.3 Å². The minimum atomic E-state index is -0.0475. The van der Waals surface area contributed by atoms with E-state index in [4.69, 9.17) is 18.0 Å². The van der Waals surface area contributed by atoms with Gasteiger partial charge in [-0.15, -0.1) is 0 Å². The Morgan fingerprint density at radius 2 is 2.14 bits per heavy atom. The van der Waals surface area contributed by atoms with Crippen LogP contribution < -0.4 is 5.73 Å². The normalized spacial score (nSPS) is 21.9. The van der Waals surface area contributed by atoms with Crippen LogP contribution in [0.25, 0.3) is 0 Å². The number of hydrogen-bond acceptors (Lipinski definition) is 2. The van der Waals surface area contributed by atoms with Gasteiger partial charge >= 0.3 is 6.03 Å². The highest BCUT2D eigenvalue weighted by Gasteiger charge is 2.29. The highest BCUT2D eigenvalue weighted by Crippen LogP contribution is 2.18. The molecule has 2 N–H and O–H groups in total. The summed E-state index contributed by atoms with van der Waals surface area (Å²) in [6.45, 7) is 0.763. The first kappa shape index (κ1) is 11.2. The number of hydrogen-bond donors (Lipinski definition) is 1. The zero-order valence-corrected chi connectivity index (χ0v) is 9.51. The Kier molecular flexibility index (Phi) is 3.69. The van der Waals surface area contributed by atoms with Crippen molar-refractivity contribution < 1.29 is 4.79 Å². The first-order valence-electron chi connectivity index (χ1n) is 4.81. The molecule has 0 aliphatic carbocycles. The molecule has 0 aromatic heterocycles. The van der Waals surface area contributed by atoms with Crippen LogP contribution in [0.3, 0.4) is 0 Å². The lowest BCUT2D eigenvalue weighted by atomic mass is 10.0. The third-order valence-corrected chi connectivity index (χ3v) is 2.73. The number of carbonyl (C=O) groups excluding carboxylic acids is 1. The maximum Gasteiger partial charge on any atom is 0.320 e. The highest BCUT2D eigenvalue weighted by molar-refractivity contribution is 7.80. The van der Waals surface area contributed by atoms with E-state index in [9.17, 15) is 4.79 Å². The van der Waals surface area contributed by atoms with Crippen molar-refractivity contribution in [3.8, 4) is 0 Å². The van der Waals surface area contributed by atoms with Crippen molar-refractivity contribution in [3.63, 3.8) is 0 Å². The van der Waals surface area contributed by atoms with Gasteiger partial charge in [-0.05, 0) is 19.3 Å². The largest absolute Gasteiger partial charge is 0.392 e. The van der Waals surface area contributed by atoms with E-state index in [1.54, 1.807) is 23.9 Å². The Bertz CT molecular complexity index is 242. The number of amides is 2. The Balaban J connectivity index is 2.72. The number of nitrogens with two attached hydrogens (primary N) is 1. The van der Waals surface area contributed by atoms with Gasteiger partial charge in [0.1, 0.15) is 0 Å². The molecule has 1 unspecified atom stereocenters. The molecule has 2 amide bonds. The van der Waals surface area contributed by atoms with Crippen LogP contribution in [0, 0.1) is 0 Å². The molecule has 1 atom stereocenters. The molecule has 5 heteroatoms. The highest BCUT2D eigenvalue weighted by atomic mass is 32.1. The van der Waals surface area contributed by atoms with Crippen LogP contribution in [0.15, 0.2) is 0 Å². The summed E-state index contributed by atoms with van der Waals surface area (Å²) in [5.41, 5.74) is 5.61. The van der Waals surface area contributed by atoms with Gasteiger partial charge in [0.05, 0.1) is 11.0 Å². The molecule has 0 aromatic rings. The van der Waals surface area contributed by atoms with E-state index in [0.717, 1.165) is 25.8 Å². The van der Waals surface area contributed by atoms with Crippen molar-refractivity contribution in [2.24, 2.45) is 5.73 Å². The van der Waals surface area contributed by atoms with Crippen molar-refractivity contribution in [2.75, 3.05) is 20.6 Å². The predicted molar refractivity (Wildman–Crippen MR) is 60.2 cm³/mol. The van der Waals surface area contributed by atoms with Gasteiger partial charge in [-0.25, -0.2) is 4.79 Å². The summed E-state index contributed by atoms with van der Waals surface area (Å²) < 4.78 is 0. The average molecular weight is 215 g/mol. The van der Waals surface area contributed by atoms with Crippen LogP contribution in [-0.2, 0) is 0 Å². The first-order valence-corrected chi connectivity index (χ1v) is 5.22. The number of rotatable bonds is 1. The molecule has 80 valence electrons. The van der Waals surface area contributed by atoms with Crippen LogP contribution in [0.1, 0.15) is 19.3 Å². The third-order valence-electron chi connectivity index (χ3n) is 2.46. The Hall–Kier alpha value is -0.840. The van der Waals surface area contributed by atoms with E-state index in [1.165, 1.54) is 0 Å². The summed E-state index contributed by atoms with van der Waals surface area (Å²) in [7, 11) is 3.49. The van der Waals surface area contributed by atoms with Crippen molar-refractivity contribution in [3.05, 3.63) is 0 Å². The Morgan fingerprint density at radius 1 is 1.50 bits per heavy atom. The van der Waals surface area contributed by atoms with Crippen molar-refractivity contribution in [1.82, 2.24) is 9.80 Å². The van der Waals surface area contributed by atoms with Crippen LogP contribution in [0.2, 0.25) is 0 Å². The molecule has 1 aliphatic rings. The van der Waals surface area contributed by atoms with Gasteiger partial charge in [0.25, 0.3) is 0 Å². The van der Waals surface area contributed by atoms with Gasteiger partial charge in [0.2, 0.25) is 0 Å². The molecule has 1 aliphatic heterocycles. The quantitative estimate of drug-likeness (QED) is 0.658. The van der Waals surface area contributed by atoms with E-state index >= 15 is 0 Å². The molecule has 0 spiro atoms. The first-order chi connectivity index (χ1) is 6.54. The molecule has 0 saturated carbocycles. The Labute approximate surface area is 90.0 Å². The predicted octanol–water partition coefficient (Wildman–Crippen LogP) is 0.809. The number of likely N-dealkylation sites (tertiary alicyclic amines) is 1. The van der Waals surface area contributed by atoms with Gasteiger partial charge < -0.3 is 15.5 Å². The fourth-order valence-electron chi connectivity index (χ4n) is 1.71. The topological polar surface area (TPSA) is 49.6 Å². The second kappa shape index (κ2) is 4.59. The second-order valence-electron chi connectivity index (χ2n) is 3.78. The third kappa shape index (κ3) is 2.35. The molecule has 0 bridgehead atoms. The molecule has 1 fully saturated rings. The fourth-order valence-corrected chi connectivity index (χ4v) is 1.96. The van der Waals surface area contributed by atoms with Gasteiger partial charge in [-0.1, -0.05) is 12.2 Å². The summed E-state index contributed by atoms with van der Waals surface area (Å²) in [5.74, 6) is 0. The number of urea groups is 1. The maximum absolute atomic E-state index is 11.7. The number of carbonyl (C=O) groups is 1. The maximum atomic E-state index is 11.7. The second-order valence-corrected chi connectivity index (χ2v) is 4.26. The number of nitrogens with zero attached hydrogens (tertiary/aromatic N) is 2. The van der Waals surface area contributed by atoms with E-state index < -0.39 is 0 Å². The molecule has 1 heterocycles. The Morgan fingerprint density at radius 3 is 2.64 bits per heavy atom. The molecule has 14 heavy (non-hydrogen) atoms. The summed E-state index contributed by atoms with van der Waals surface area (Å²) in [4.78, 5) is 15.5. The van der Waals surface area contributed by atoms with Crippen LogP contribution in [0.4, 0.5) is 4.79 Å².